The SMILES string of the molecule is CCCCCN1CC=C[C@]23O[C@@]4(C)C=CCN(CCC)C(=O)[C@H]4[C@H]2C(=O)N([C@H](CO)c2ccccc2)C3C1=O. The van der Waals surface area contributed by atoms with Crippen LogP contribution in [0.25, 0.3) is 0 Å². The van der Waals surface area contributed by atoms with E-state index < -0.39 is 35.1 Å². The van der Waals surface area contributed by atoms with E-state index in [2.05, 4.69) is 6.92 Å². The number of likely N-dealkylation sites (tertiary alicyclic amines) is 1. The fourth-order valence-corrected chi connectivity index (χ4v) is 7.15. The molecule has 2 saturated heterocycles. The highest BCUT2D eigenvalue weighted by atomic mass is 16.5. The van der Waals surface area contributed by atoms with Gasteiger partial charge in [0.15, 0.2) is 0 Å². The Hall–Kier alpha value is -2.97. The number of aliphatic hydroxyl groups is 1. The van der Waals surface area contributed by atoms with Crippen LogP contribution in [0.2, 0.25) is 0 Å². The number of hydrogen-bond donors (Lipinski definition) is 1. The highest BCUT2D eigenvalue weighted by Crippen LogP contribution is 2.58. The molecule has 3 amide bonds. The van der Waals surface area contributed by atoms with Gasteiger partial charge in [-0.15, -0.1) is 0 Å². The van der Waals surface area contributed by atoms with E-state index in [1.807, 2.05) is 68.5 Å². The van der Waals surface area contributed by atoms with E-state index in [4.69, 9.17) is 4.74 Å². The highest BCUT2D eigenvalue weighted by Gasteiger charge is 2.75. The van der Waals surface area contributed by atoms with Crippen LogP contribution in [-0.2, 0) is 19.1 Å². The predicted octanol–water partition coefficient (Wildman–Crippen LogP) is 3.09. The molecule has 4 aliphatic heterocycles. The molecule has 4 heterocycles. The fourth-order valence-electron chi connectivity index (χ4n) is 7.15. The molecule has 8 nitrogen and oxygen atoms in total. The molecule has 39 heavy (non-hydrogen) atoms. The molecule has 0 aliphatic carbocycles. The Morgan fingerprint density at radius 2 is 1.59 bits per heavy atom. The molecule has 6 atom stereocenters. The summed E-state index contributed by atoms with van der Waals surface area (Å²) in [4.78, 5) is 48.2. The molecule has 1 N–H and O–H groups in total. The third-order valence-corrected chi connectivity index (χ3v) is 8.88. The summed E-state index contributed by atoms with van der Waals surface area (Å²) in [5, 5.41) is 10.6. The molecule has 1 unspecified atom stereocenters. The Bertz CT molecular complexity index is 1150. The second-order valence-corrected chi connectivity index (χ2v) is 11.4. The van der Waals surface area contributed by atoms with Crippen molar-refractivity contribution in [3.05, 3.63) is 60.2 Å². The molecular weight excluding hydrogens is 494 g/mol. The Morgan fingerprint density at radius 1 is 0.897 bits per heavy atom. The minimum absolute atomic E-state index is 0.120. The first kappa shape index (κ1) is 27.6. The third kappa shape index (κ3) is 4.42. The van der Waals surface area contributed by atoms with E-state index >= 15 is 0 Å². The molecule has 4 aliphatic rings. The lowest BCUT2D eigenvalue weighted by Gasteiger charge is -2.40. The average Bonchev–Trinajstić information content (AvgIpc) is 3.20. The van der Waals surface area contributed by atoms with Gasteiger partial charge in [-0.3, -0.25) is 14.4 Å². The van der Waals surface area contributed by atoms with E-state index in [-0.39, 0.29) is 24.3 Å². The molecule has 8 heteroatoms. The molecule has 0 radical (unpaired) electrons. The van der Waals surface area contributed by atoms with Gasteiger partial charge in [-0.05, 0) is 25.3 Å². The zero-order valence-electron chi connectivity index (χ0n) is 23.3. The molecular formula is C31H41N3O5. The Balaban J connectivity index is 1.65. The van der Waals surface area contributed by atoms with Crippen LogP contribution in [0.15, 0.2) is 54.6 Å². The lowest BCUT2D eigenvalue weighted by molar-refractivity contribution is -0.156. The quantitative estimate of drug-likeness (QED) is 0.388. The van der Waals surface area contributed by atoms with E-state index in [0.29, 0.717) is 26.2 Å². The van der Waals surface area contributed by atoms with Crippen molar-refractivity contribution in [2.75, 3.05) is 32.8 Å². The van der Waals surface area contributed by atoms with E-state index in [0.717, 1.165) is 31.2 Å². The van der Waals surface area contributed by atoms with Crippen LogP contribution in [0.5, 0.6) is 0 Å². The molecule has 1 aromatic carbocycles. The number of carbonyl (C=O) groups is 3. The van der Waals surface area contributed by atoms with Crippen molar-refractivity contribution in [3.63, 3.8) is 0 Å². The second-order valence-electron chi connectivity index (χ2n) is 11.4. The van der Waals surface area contributed by atoms with Crippen LogP contribution < -0.4 is 0 Å². The van der Waals surface area contributed by atoms with Gasteiger partial charge < -0.3 is 24.5 Å². The summed E-state index contributed by atoms with van der Waals surface area (Å²) >= 11 is 0. The van der Waals surface area contributed by atoms with Crippen molar-refractivity contribution in [1.82, 2.24) is 14.7 Å². The Morgan fingerprint density at radius 3 is 2.26 bits per heavy atom. The average molecular weight is 536 g/mol. The first-order chi connectivity index (χ1) is 18.8. The van der Waals surface area contributed by atoms with Gasteiger partial charge in [0.05, 0.1) is 30.1 Å². The zero-order chi connectivity index (χ0) is 27.8. The summed E-state index contributed by atoms with van der Waals surface area (Å²) in [6.07, 6.45) is 11.4. The van der Waals surface area contributed by atoms with E-state index in [9.17, 15) is 19.5 Å². The summed E-state index contributed by atoms with van der Waals surface area (Å²) < 4.78 is 6.89. The lowest BCUT2D eigenvalue weighted by Crippen LogP contribution is -2.57. The fraction of sp³-hybridized carbons (Fsp3) is 0.581. The van der Waals surface area contributed by atoms with Crippen LogP contribution in [0.3, 0.4) is 0 Å². The van der Waals surface area contributed by atoms with Crippen LogP contribution >= 0.6 is 0 Å². The second kappa shape index (κ2) is 10.9. The smallest absolute Gasteiger partial charge is 0.249 e. The highest BCUT2D eigenvalue weighted by molar-refractivity contribution is 6.00. The zero-order valence-corrected chi connectivity index (χ0v) is 23.3. The number of benzene rings is 1. The Labute approximate surface area is 231 Å². The van der Waals surface area contributed by atoms with E-state index in [1.54, 1.807) is 9.80 Å². The van der Waals surface area contributed by atoms with Crippen LogP contribution in [-0.4, -0.2) is 87.6 Å². The molecule has 5 rings (SSSR count). The molecule has 0 aromatic heterocycles. The van der Waals surface area contributed by atoms with Crippen molar-refractivity contribution in [2.45, 2.75) is 69.7 Å². The standard InChI is InChI=1S/C31H41N3O5/c1-4-6-10-18-33-20-12-16-31-25(24-27(36)32(17-5-2)19-11-15-30(24,3)39-31)28(37)34(26(31)29(33)38)23(21-35)22-13-8-7-9-14-22/h7-9,11-16,23-26,35H,4-6,10,17-21H2,1-3H3/t23-,24-,25+,26?,30+,31+/m1/s1. The van der Waals surface area contributed by atoms with Gasteiger partial charge in [0.1, 0.15) is 11.6 Å². The molecule has 1 aromatic rings. The minimum Gasteiger partial charge on any atom is -0.394 e. The number of nitrogens with zero attached hydrogens (tertiary/aromatic N) is 3. The molecule has 1 spiro atoms. The summed E-state index contributed by atoms with van der Waals surface area (Å²) in [5.41, 5.74) is -1.61. The van der Waals surface area contributed by atoms with Crippen LogP contribution in [0, 0.1) is 11.8 Å². The van der Waals surface area contributed by atoms with Crippen molar-refractivity contribution in [3.8, 4) is 0 Å². The van der Waals surface area contributed by atoms with Crippen molar-refractivity contribution >= 4 is 17.7 Å². The molecule has 210 valence electrons. The summed E-state index contributed by atoms with van der Waals surface area (Å²) in [5.74, 6) is -2.28. The third-order valence-electron chi connectivity index (χ3n) is 8.88. The van der Waals surface area contributed by atoms with Crippen molar-refractivity contribution in [1.29, 1.82) is 0 Å². The van der Waals surface area contributed by atoms with Gasteiger partial charge in [0, 0.05) is 26.2 Å². The number of aliphatic hydroxyl groups excluding tert-OH is 1. The minimum atomic E-state index is -1.31. The number of hydrogen-bond acceptors (Lipinski definition) is 5. The van der Waals surface area contributed by atoms with E-state index in [1.165, 1.54) is 4.90 Å². The van der Waals surface area contributed by atoms with Crippen LogP contribution in [0.4, 0.5) is 0 Å². The maximum atomic E-state index is 14.6. The summed E-state index contributed by atoms with van der Waals surface area (Å²) in [7, 11) is 0. The topological polar surface area (TPSA) is 90.4 Å². The number of ether oxygens (including phenoxy) is 1. The molecule has 0 saturated carbocycles. The number of unbranched alkanes of at least 4 members (excludes halogenated alkanes) is 2. The largest absolute Gasteiger partial charge is 0.394 e. The monoisotopic (exact) mass is 535 g/mol. The summed E-state index contributed by atoms with van der Waals surface area (Å²) in [6.45, 7) is 7.71. The molecule has 2 fully saturated rings. The number of amides is 3. The normalized spacial score (nSPS) is 32.7. The van der Waals surface area contributed by atoms with Gasteiger partial charge in [-0.25, -0.2) is 0 Å². The van der Waals surface area contributed by atoms with Gasteiger partial charge >= 0.3 is 0 Å². The van der Waals surface area contributed by atoms with Gasteiger partial charge in [-0.1, -0.05) is 81.3 Å². The molecule has 0 bridgehead atoms. The first-order valence-electron chi connectivity index (χ1n) is 14.4. The maximum Gasteiger partial charge on any atom is 0.249 e. The first-order valence-corrected chi connectivity index (χ1v) is 14.4. The van der Waals surface area contributed by atoms with Gasteiger partial charge in [0.25, 0.3) is 0 Å². The number of fused-ring (bicyclic) bond motifs is 2. The maximum absolute atomic E-state index is 14.6. The van der Waals surface area contributed by atoms with Crippen LogP contribution in [0.1, 0.15) is 58.1 Å². The number of carbonyl (C=O) groups excluding carboxylic acids is 3. The summed E-state index contributed by atoms with van der Waals surface area (Å²) in [6, 6.07) is 7.59. The predicted molar refractivity (Wildman–Crippen MR) is 147 cm³/mol. The van der Waals surface area contributed by atoms with Gasteiger partial charge in [-0.2, -0.15) is 0 Å². The van der Waals surface area contributed by atoms with Gasteiger partial charge in [0.2, 0.25) is 17.7 Å². The lowest BCUT2D eigenvalue weighted by atomic mass is 9.74. The Kier molecular flexibility index (Phi) is 7.71. The number of rotatable bonds is 9. The van der Waals surface area contributed by atoms with Crippen molar-refractivity contribution in [2.24, 2.45) is 11.8 Å². The van der Waals surface area contributed by atoms with Crippen molar-refractivity contribution < 1.29 is 24.2 Å².